The second kappa shape index (κ2) is 10.4. The second-order valence-electron chi connectivity index (χ2n) is 10.8. The summed E-state index contributed by atoms with van der Waals surface area (Å²) in [6.07, 6.45) is 3.96. The van der Waals surface area contributed by atoms with Crippen molar-refractivity contribution in [1.82, 2.24) is 0 Å². The van der Waals surface area contributed by atoms with Crippen LogP contribution >= 0.6 is 0 Å². The maximum atomic E-state index is 13.8. The molecule has 194 valence electrons. The Kier molecular flexibility index (Phi) is 7.02. The summed E-state index contributed by atoms with van der Waals surface area (Å²) in [5, 5.41) is 12.2. The number of nitrogens with zero attached hydrogens (tertiary/aromatic N) is 3. The van der Waals surface area contributed by atoms with Crippen LogP contribution in [0, 0.1) is 16.5 Å². The highest BCUT2D eigenvalue weighted by molar-refractivity contribution is 6.44. The van der Waals surface area contributed by atoms with Gasteiger partial charge in [0.25, 0.3) is 0 Å². The molecule has 0 bridgehead atoms. The Morgan fingerprint density at radius 3 is 1.76 bits per heavy atom. The van der Waals surface area contributed by atoms with Crippen molar-refractivity contribution in [3.63, 3.8) is 0 Å². The fraction of sp³-hybridized carbons (Fsp3) is 0.355. The maximum Gasteiger partial charge on any atom is 0.187 e. The molecule has 0 aromatic heterocycles. The number of Topliss-reactive ketones (excluding diaryl/α,β-unsaturated/α-hetero) is 1. The molecule has 2 aliphatic rings. The van der Waals surface area contributed by atoms with Gasteiger partial charge in [0.1, 0.15) is 11.3 Å². The van der Waals surface area contributed by atoms with Crippen molar-refractivity contribution in [2.45, 2.75) is 61.9 Å². The third kappa shape index (κ3) is 4.16. The number of hydrazone groups is 1. The molecule has 0 saturated heterocycles. The van der Waals surface area contributed by atoms with Crippen molar-refractivity contribution in [3.8, 4) is 0 Å². The molecular formula is C31H34N6O. The lowest BCUT2D eigenvalue weighted by Gasteiger charge is -2.47. The minimum Gasteiger partial charge on any atom is -0.323 e. The highest BCUT2D eigenvalue weighted by Crippen LogP contribution is 2.61. The van der Waals surface area contributed by atoms with E-state index < -0.39 is 16.5 Å². The van der Waals surface area contributed by atoms with Gasteiger partial charge in [-0.2, -0.15) is 15.3 Å². The molecule has 0 amide bonds. The first-order chi connectivity index (χ1) is 18.5. The Bertz CT molecular complexity index is 1280. The van der Waals surface area contributed by atoms with E-state index in [0.717, 1.165) is 18.4 Å². The predicted octanol–water partition coefficient (Wildman–Crippen LogP) is 7.14. The molecule has 5 rings (SSSR count). The zero-order valence-corrected chi connectivity index (χ0v) is 21.5. The van der Waals surface area contributed by atoms with E-state index in [0.29, 0.717) is 31.4 Å². The van der Waals surface area contributed by atoms with E-state index >= 15 is 0 Å². The third-order valence-corrected chi connectivity index (χ3v) is 9.08. The molecule has 3 aromatic rings. The zero-order chi connectivity index (χ0) is 26.6. The topological polar surface area (TPSA) is 128 Å². The second-order valence-corrected chi connectivity index (χ2v) is 10.8. The molecule has 38 heavy (non-hydrogen) atoms. The highest BCUT2D eigenvalue weighted by atomic mass is 16.1. The molecule has 7 nitrogen and oxygen atoms in total. The lowest BCUT2D eigenvalue weighted by atomic mass is 9.57. The normalized spacial score (nSPS) is 28.1. The lowest BCUT2D eigenvalue weighted by Crippen LogP contribution is -2.50. The van der Waals surface area contributed by atoms with Gasteiger partial charge in [0.2, 0.25) is 0 Å². The van der Waals surface area contributed by atoms with Crippen LogP contribution in [-0.2, 0) is 10.3 Å². The molecule has 4 N–H and O–H groups in total. The first-order valence-electron chi connectivity index (χ1n) is 13.3. The average molecular weight is 507 g/mol. The van der Waals surface area contributed by atoms with Gasteiger partial charge in [-0.3, -0.25) is 4.79 Å². The number of rotatable bonds is 8. The number of hydrogen-bond acceptors (Lipinski definition) is 7. The van der Waals surface area contributed by atoms with Gasteiger partial charge in [-0.15, -0.1) is 0 Å². The monoisotopic (exact) mass is 506 g/mol. The van der Waals surface area contributed by atoms with Crippen molar-refractivity contribution in [1.29, 1.82) is 11.1 Å². The van der Waals surface area contributed by atoms with Crippen LogP contribution < -0.4 is 5.84 Å². The lowest BCUT2D eigenvalue weighted by molar-refractivity contribution is -0.127. The zero-order valence-electron chi connectivity index (χ0n) is 21.5. The summed E-state index contributed by atoms with van der Waals surface area (Å²) in [6.45, 7) is 0. The van der Waals surface area contributed by atoms with Gasteiger partial charge in [-0.1, -0.05) is 91.0 Å². The number of carbonyl (C=O) groups is 1. The first-order valence-corrected chi connectivity index (χ1v) is 13.3. The van der Waals surface area contributed by atoms with Gasteiger partial charge in [-0.25, -0.2) is 11.1 Å². The summed E-state index contributed by atoms with van der Waals surface area (Å²) >= 11 is 0. The van der Waals surface area contributed by atoms with E-state index in [4.69, 9.17) is 16.9 Å². The van der Waals surface area contributed by atoms with Crippen molar-refractivity contribution >= 4 is 11.5 Å². The minimum absolute atomic E-state index is 0.107. The van der Waals surface area contributed by atoms with Gasteiger partial charge in [0, 0.05) is 12.3 Å². The number of nitrogens with two attached hydrogens (primary N) is 1. The number of nitrogens with one attached hydrogen (secondary N) is 2. The van der Waals surface area contributed by atoms with Crippen LogP contribution in [-0.4, -0.2) is 17.0 Å². The van der Waals surface area contributed by atoms with Gasteiger partial charge >= 0.3 is 0 Å². The van der Waals surface area contributed by atoms with Gasteiger partial charge in [-0.05, 0) is 55.2 Å². The molecule has 0 aliphatic heterocycles. The van der Waals surface area contributed by atoms with Gasteiger partial charge < -0.3 is 5.84 Å². The van der Waals surface area contributed by atoms with E-state index in [-0.39, 0.29) is 18.1 Å². The summed E-state index contributed by atoms with van der Waals surface area (Å²) in [7, 11) is 0. The smallest absolute Gasteiger partial charge is 0.187 e. The first kappa shape index (κ1) is 25.6. The van der Waals surface area contributed by atoms with Crippen molar-refractivity contribution in [2.24, 2.45) is 26.6 Å². The summed E-state index contributed by atoms with van der Waals surface area (Å²) in [5.41, 5.74) is 17.7. The van der Waals surface area contributed by atoms with Crippen LogP contribution in [0.1, 0.15) is 67.6 Å². The minimum atomic E-state index is -1.03. The molecule has 1 atom stereocenters. The molecule has 1 spiro atoms. The van der Waals surface area contributed by atoms with Crippen molar-refractivity contribution in [2.75, 3.05) is 0 Å². The van der Waals surface area contributed by atoms with E-state index in [1.54, 1.807) is 0 Å². The standard InChI is InChI=1S/C31H34N6O/c32-35-27-22-31(37-34,25-14-8-3-9-15-25)30(28(27)38)20-18-29(36-33,19-21-30)17-16-26(23-10-4-1-5-11-23)24-12-6-2-7-13-24/h1-15,26,33-34H,16-22,32H2. The summed E-state index contributed by atoms with van der Waals surface area (Å²) in [4.78, 5) is 13.8. The highest BCUT2D eigenvalue weighted by Gasteiger charge is 2.66. The molecule has 0 heterocycles. The SMILES string of the molecule is N=NC1(CCC(c2ccccc2)c2ccccc2)CCC2(CC1)C(=O)C(=NN)CC2(N=N)c1ccccc1. The number of carbonyl (C=O) groups excluding carboxylic acids is 1. The van der Waals surface area contributed by atoms with Crippen LogP contribution in [0.5, 0.6) is 0 Å². The fourth-order valence-electron chi connectivity index (χ4n) is 6.87. The maximum absolute atomic E-state index is 13.8. The molecule has 2 aliphatic carbocycles. The quantitative estimate of drug-likeness (QED) is 0.170. The van der Waals surface area contributed by atoms with Crippen LogP contribution in [0.4, 0.5) is 0 Å². The van der Waals surface area contributed by atoms with Crippen molar-refractivity contribution < 1.29 is 4.79 Å². The Labute approximate surface area is 223 Å². The number of hydrogen-bond donors (Lipinski definition) is 3. The summed E-state index contributed by atoms with van der Waals surface area (Å²) in [6, 6.07) is 30.6. The van der Waals surface area contributed by atoms with Gasteiger partial charge in [0.15, 0.2) is 5.78 Å². The van der Waals surface area contributed by atoms with Gasteiger partial charge in [0.05, 0.1) is 11.0 Å². The molecule has 2 fully saturated rings. The molecule has 1 unspecified atom stereocenters. The largest absolute Gasteiger partial charge is 0.323 e. The summed E-state index contributed by atoms with van der Waals surface area (Å²) in [5.74, 6) is 5.75. The predicted molar refractivity (Wildman–Crippen MR) is 147 cm³/mol. The Morgan fingerprint density at radius 1 is 0.763 bits per heavy atom. The molecule has 3 aromatic carbocycles. The van der Waals surface area contributed by atoms with E-state index in [2.05, 4.69) is 63.9 Å². The van der Waals surface area contributed by atoms with Crippen molar-refractivity contribution in [3.05, 3.63) is 108 Å². The van der Waals surface area contributed by atoms with Crippen LogP contribution in [0.2, 0.25) is 0 Å². The average Bonchev–Trinajstić information content (AvgIpc) is 3.23. The van der Waals surface area contributed by atoms with E-state index in [1.807, 2.05) is 42.5 Å². The third-order valence-electron chi connectivity index (χ3n) is 9.08. The van der Waals surface area contributed by atoms with E-state index in [1.165, 1.54) is 11.1 Å². The number of benzene rings is 3. The molecular weight excluding hydrogens is 472 g/mol. The molecule has 0 radical (unpaired) electrons. The molecule has 7 heteroatoms. The summed E-state index contributed by atoms with van der Waals surface area (Å²) < 4.78 is 0. The fourth-order valence-corrected chi connectivity index (χ4v) is 6.87. The van der Waals surface area contributed by atoms with Crippen LogP contribution in [0.15, 0.2) is 106 Å². The van der Waals surface area contributed by atoms with E-state index in [9.17, 15) is 4.79 Å². The Balaban J connectivity index is 1.43. The Morgan fingerprint density at radius 2 is 1.29 bits per heavy atom. The number of ketones is 1. The Hall–Kier alpha value is -4.00. The molecule has 2 saturated carbocycles. The van der Waals surface area contributed by atoms with Crippen LogP contribution in [0.3, 0.4) is 0 Å². The van der Waals surface area contributed by atoms with Crippen LogP contribution in [0.25, 0.3) is 0 Å².